The van der Waals surface area contributed by atoms with Crippen LogP contribution in [0.5, 0.6) is 0 Å². The quantitative estimate of drug-likeness (QED) is 0.906. The number of hydrogen-bond donors (Lipinski definition) is 1. The molecule has 1 amide bonds. The first-order valence-electron chi connectivity index (χ1n) is 9.77. The van der Waals surface area contributed by atoms with Crippen molar-refractivity contribution in [2.45, 2.75) is 51.6 Å². The van der Waals surface area contributed by atoms with Crippen molar-refractivity contribution in [2.24, 2.45) is 7.05 Å². The number of fused-ring (bicyclic) bond motifs is 1. The summed E-state index contributed by atoms with van der Waals surface area (Å²) in [5, 5.41) is 3.11. The van der Waals surface area contributed by atoms with Crippen LogP contribution in [-0.2, 0) is 29.4 Å². The van der Waals surface area contributed by atoms with E-state index in [9.17, 15) is 9.59 Å². The third-order valence-corrected chi connectivity index (χ3v) is 5.66. The van der Waals surface area contributed by atoms with E-state index in [-0.39, 0.29) is 17.6 Å². The van der Waals surface area contributed by atoms with E-state index in [0.29, 0.717) is 6.42 Å². The summed E-state index contributed by atoms with van der Waals surface area (Å²) in [7, 11) is 1.78. The molecule has 0 saturated carbocycles. The Hall–Kier alpha value is -2.40. The Kier molecular flexibility index (Phi) is 4.87. The van der Waals surface area contributed by atoms with Gasteiger partial charge in [0.1, 0.15) is 0 Å². The molecule has 1 aromatic heterocycles. The largest absolute Gasteiger partial charge is 0.378 e. The second-order valence-corrected chi connectivity index (χ2v) is 7.69. The molecule has 0 radical (unpaired) electrons. The Balaban J connectivity index is 1.84. The highest BCUT2D eigenvalue weighted by Gasteiger charge is 2.24. The Morgan fingerprint density at radius 2 is 2.07 bits per heavy atom. The van der Waals surface area contributed by atoms with E-state index in [1.165, 1.54) is 12.0 Å². The molecular weight excluding hydrogens is 340 g/mol. The first-order chi connectivity index (χ1) is 13.0. The highest BCUT2D eigenvalue weighted by molar-refractivity contribution is 5.96. The fourth-order valence-electron chi connectivity index (χ4n) is 4.21. The van der Waals surface area contributed by atoms with Crippen molar-refractivity contribution in [2.75, 3.05) is 11.9 Å². The van der Waals surface area contributed by atoms with Crippen molar-refractivity contribution in [1.29, 1.82) is 0 Å². The van der Waals surface area contributed by atoms with Gasteiger partial charge in [0.25, 0.3) is 5.56 Å². The van der Waals surface area contributed by atoms with Crippen LogP contribution in [0.1, 0.15) is 42.4 Å². The van der Waals surface area contributed by atoms with Crippen molar-refractivity contribution in [3.8, 4) is 11.1 Å². The number of nitrogens with zero attached hydrogens (tertiary/aromatic N) is 1. The molecule has 27 heavy (non-hydrogen) atoms. The number of nitrogens with one attached hydrogen (secondary N) is 1. The molecular formula is C22H26N2O3. The van der Waals surface area contributed by atoms with Gasteiger partial charge in [-0.05, 0) is 60.9 Å². The zero-order valence-corrected chi connectivity index (χ0v) is 16.0. The van der Waals surface area contributed by atoms with Crippen LogP contribution in [0.4, 0.5) is 5.69 Å². The van der Waals surface area contributed by atoms with Gasteiger partial charge in [-0.15, -0.1) is 0 Å². The lowest BCUT2D eigenvalue weighted by Crippen LogP contribution is -2.25. The predicted molar refractivity (Wildman–Crippen MR) is 106 cm³/mol. The Morgan fingerprint density at radius 1 is 1.22 bits per heavy atom. The number of ether oxygens (including phenoxy) is 1. The molecule has 4 rings (SSSR count). The number of aryl methyl sites for hydroxylation is 3. The van der Waals surface area contributed by atoms with Gasteiger partial charge in [-0.25, -0.2) is 0 Å². The van der Waals surface area contributed by atoms with Crippen molar-refractivity contribution in [1.82, 2.24) is 4.57 Å². The molecule has 2 aliphatic rings. The lowest BCUT2D eigenvalue weighted by Gasteiger charge is -2.28. The molecule has 0 spiro atoms. The van der Waals surface area contributed by atoms with Gasteiger partial charge in [0.05, 0.1) is 6.10 Å². The predicted octanol–water partition coefficient (Wildman–Crippen LogP) is 3.36. The van der Waals surface area contributed by atoms with Gasteiger partial charge in [0, 0.05) is 43.9 Å². The van der Waals surface area contributed by atoms with Crippen LogP contribution >= 0.6 is 0 Å². The normalized spacial score (nSPS) is 19.5. The monoisotopic (exact) mass is 366 g/mol. The minimum Gasteiger partial charge on any atom is -0.378 e. The fourth-order valence-corrected chi connectivity index (χ4v) is 4.21. The maximum atomic E-state index is 12.1. The van der Waals surface area contributed by atoms with Crippen LogP contribution in [-0.4, -0.2) is 23.2 Å². The van der Waals surface area contributed by atoms with E-state index >= 15 is 0 Å². The maximum Gasteiger partial charge on any atom is 0.253 e. The van der Waals surface area contributed by atoms with Gasteiger partial charge >= 0.3 is 0 Å². The summed E-state index contributed by atoms with van der Waals surface area (Å²) in [5.41, 5.74) is 6.08. The smallest absolute Gasteiger partial charge is 0.253 e. The molecule has 0 aliphatic carbocycles. The lowest BCUT2D eigenvalue weighted by atomic mass is 9.88. The van der Waals surface area contributed by atoms with Crippen LogP contribution < -0.4 is 10.9 Å². The number of amides is 1. The number of anilines is 1. The molecule has 1 atom stereocenters. The second kappa shape index (κ2) is 7.31. The van der Waals surface area contributed by atoms with Crippen molar-refractivity contribution in [3.05, 3.63) is 51.4 Å². The van der Waals surface area contributed by atoms with E-state index in [1.54, 1.807) is 11.6 Å². The summed E-state index contributed by atoms with van der Waals surface area (Å²) in [6.45, 7) is 2.65. The molecule has 2 aliphatic heterocycles. The molecule has 3 heterocycles. The molecule has 1 fully saturated rings. The summed E-state index contributed by atoms with van der Waals surface area (Å²) in [6.07, 6.45) is 7.48. The van der Waals surface area contributed by atoms with E-state index in [0.717, 1.165) is 60.2 Å². The Morgan fingerprint density at radius 3 is 2.81 bits per heavy atom. The van der Waals surface area contributed by atoms with Crippen molar-refractivity contribution in [3.63, 3.8) is 0 Å². The fraction of sp³-hybridized carbons (Fsp3) is 0.455. The molecule has 0 bridgehead atoms. The number of pyridine rings is 1. The van der Waals surface area contributed by atoms with E-state index in [2.05, 4.69) is 17.4 Å². The minimum absolute atomic E-state index is 0.0159. The van der Waals surface area contributed by atoms with Gasteiger partial charge in [-0.3, -0.25) is 9.59 Å². The van der Waals surface area contributed by atoms with Gasteiger partial charge in [-0.1, -0.05) is 12.1 Å². The topological polar surface area (TPSA) is 60.3 Å². The summed E-state index contributed by atoms with van der Waals surface area (Å²) >= 11 is 0. The van der Waals surface area contributed by atoms with Crippen LogP contribution in [0.3, 0.4) is 0 Å². The van der Waals surface area contributed by atoms with Crippen LogP contribution in [0.2, 0.25) is 0 Å². The average molecular weight is 366 g/mol. The molecule has 5 heteroatoms. The van der Waals surface area contributed by atoms with Gasteiger partial charge in [0.2, 0.25) is 5.91 Å². The summed E-state index contributed by atoms with van der Waals surface area (Å²) in [4.78, 5) is 24.2. The first-order valence-corrected chi connectivity index (χ1v) is 9.77. The first kappa shape index (κ1) is 18.0. The SMILES string of the molecule is Cc1cc(-c2ccc3c(c2CC2CCCCO2)NC(=O)CC3)cn(C)c1=O. The maximum absolute atomic E-state index is 12.1. The second-order valence-electron chi connectivity index (χ2n) is 7.69. The third kappa shape index (κ3) is 3.56. The summed E-state index contributed by atoms with van der Waals surface area (Å²) in [6, 6.07) is 6.18. The summed E-state index contributed by atoms with van der Waals surface area (Å²) in [5.74, 6) is 0.0714. The van der Waals surface area contributed by atoms with Gasteiger partial charge < -0.3 is 14.6 Å². The molecule has 1 saturated heterocycles. The van der Waals surface area contributed by atoms with E-state index in [1.807, 2.05) is 19.2 Å². The van der Waals surface area contributed by atoms with Crippen LogP contribution in [0.25, 0.3) is 11.1 Å². The Labute approximate surface area is 159 Å². The van der Waals surface area contributed by atoms with E-state index < -0.39 is 0 Å². The zero-order valence-electron chi connectivity index (χ0n) is 16.0. The highest BCUT2D eigenvalue weighted by Crippen LogP contribution is 2.36. The van der Waals surface area contributed by atoms with Crippen LogP contribution in [0, 0.1) is 6.92 Å². The molecule has 142 valence electrons. The molecule has 5 nitrogen and oxygen atoms in total. The number of hydrogen-bond acceptors (Lipinski definition) is 3. The third-order valence-electron chi connectivity index (χ3n) is 5.66. The van der Waals surface area contributed by atoms with Gasteiger partial charge in [-0.2, -0.15) is 0 Å². The van der Waals surface area contributed by atoms with Crippen LogP contribution in [0.15, 0.2) is 29.2 Å². The number of carbonyl (C=O) groups excluding carboxylic acids is 1. The molecule has 1 N–H and O–H groups in total. The molecule has 1 unspecified atom stereocenters. The summed E-state index contributed by atoms with van der Waals surface area (Å²) < 4.78 is 7.62. The Bertz CT molecular complexity index is 913. The van der Waals surface area contributed by atoms with Gasteiger partial charge in [0.15, 0.2) is 0 Å². The average Bonchev–Trinajstić information content (AvgIpc) is 2.67. The van der Waals surface area contributed by atoms with E-state index in [4.69, 9.17) is 4.74 Å². The number of aromatic nitrogens is 1. The number of rotatable bonds is 3. The minimum atomic E-state index is 0.0159. The number of benzene rings is 1. The van der Waals surface area contributed by atoms with Crippen molar-refractivity contribution >= 4 is 11.6 Å². The standard InChI is InChI=1S/C22H26N2O3/c1-14-11-16(13-24(2)22(14)26)18-8-6-15-7-9-20(25)23-21(15)19(18)12-17-5-3-4-10-27-17/h6,8,11,13,17H,3-5,7,9-10,12H2,1-2H3,(H,23,25). The highest BCUT2D eigenvalue weighted by atomic mass is 16.5. The zero-order chi connectivity index (χ0) is 19.0. The lowest BCUT2D eigenvalue weighted by molar-refractivity contribution is -0.116. The molecule has 2 aromatic rings. The molecule has 1 aromatic carbocycles. The number of carbonyl (C=O) groups is 1. The van der Waals surface area contributed by atoms with Crippen molar-refractivity contribution < 1.29 is 9.53 Å².